The van der Waals surface area contributed by atoms with Crippen LogP contribution in [0.3, 0.4) is 0 Å². The fourth-order valence-corrected chi connectivity index (χ4v) is 3.90. The number of carboxylic acids is 1. The molecule has 12 heteroatoms. The summed E-state index contributed by atoms with van der Waals surface area (Å²) in [6, 6.07) is 11.8. The first-order chi connectivity index (χ1) is 17.7. The number of rotatable bonds is 11. The highest BCUT2D eigenvalue weighted by atomic mass is 16.7. The summed E-state index contributed by atoms with van der Waals surface area (Å²) in [7, 11) is 2.94. The van der Waals surface area contributed by atoms with Gasteiger partial charge in [0.1, 0.15) is 36.7 Å². The Labute approximate surface area is 213 Å². The second-order valence-electron chi connectivity index (χ2n) is 8.51. The van der Waals surface area contributed by atoms with E-state index in [1.165, 1.54) is 14.2 Å². The molecular formula is C25H32N2O10. The summed E-state index contributed by atoms with van der Waals surface area (Å²) in [5.74, 6) is -1.34. The third-order valence-corrected chi connectivity index (χ3v) is 5.93. The monoisotopic (exact) mass is 520 g/mol. The van der Waals surface area contributed by atoms with E-state index in [0.717, 1.165) is 11.1 Å². The largest absolute Gasteiger partial charge is 0.489 e. The van der Waals surface area contributed by atoms with Gasteiger partial charge in [0, 0.05) is 12.6 Å². The van der Waals surface area contributed by atoms with Crippen LogP contribution in [0.25, 0.3) is 0 Å². The molecular weight excluding hydrogens is 488 g/mol. The van der Waals surface area contributed by atoms with Crippen molar-refractivity contribution < 1.29 is 49.1 Å². The van der Waals surface area contributed by atoms with E-state index < -0.39 is 42.7 Å². The SMILES string of the molecule is CNC(=O)C(NOC)c1ccccc1COc1cc(C)ccc1CO[C@@H]1O[C@H](C(=O)O)[C@@H](O)[C@H](O)[C@H]1O. The molecule has 1 unspecified atom stereocenters. The van der Waals surface area contributed by atoms with E-state index in [1.807, 2.05) is 25.1 Å². The number of carbonyl (C=O) groups excluding carboxylic acids is 1. The number of hydrogen-bond acceptors (Lipinski definition) is 10. The van der Waals surface area contributed by atoms with Gasteiger partial charge in [-0.15, -0.1) is 0 Å². The van der Waals surface area contributed by atoms with Gasteiger partial charge in [-0.2, -0.15) is 5.48 Å². The molecule has 0 saturated carbocycles. The Balaban J connectivity index is 1.76. The van der Waals surface area contributed by atoms with Crippen LogP contribution in [0.2, 0.25) is 0 Å². The number of benzene rings is 2. The normalized spacial score (nSPS) is 24.3. The molecule has 6 N–H and O–H groups in total. The molecule has 0 aliphatic carbocycles. The van der Waals surface area contributed by atoms with E-state index in [2.05, 4.69) is 10.8 Å². The van der Waals surface area contributed by atoms with Gasteiger partial charge in [-0.3, -0.25) is 4.79 Å². The molecule has 3 rings (SSSR count). The number of hydrogen-bond donors (Lipinski definition) is 6. The molecule has 0 bridgehead atoms. The van der Waals surface area contributed by atoms with Crippen LogP contribution in [0.15, 0.2) is 42.5 Å². The van der Waals surface area contributed by atoms with Crippen molar-refractivity contribution in [3.63, 3.8) is 0 Å². The van der Waals surface area contributed by atoms with Gasteiger partial charge in [-0.05, 0) is 29.7 Å². The Hall–Kier alpha value is -3.10. The molecule has 2 aromatic rings. The maximum Gasteiger partial charge on any atom is 0.335 e. The van der Waals surface area contributed by atoms with Crippen LogP contribution in [0, 0.1) is 6.92 Å². The maximum atomic E-state index is 12.4. The van der Waals surface area contributed by atoms with E-state index in [9.17, 15) is 30.0 Å². The fraction of sp³-hybridized carbons (Fsp3) is 0.440. The summed E-state index contributed by atoms with van der Waals surface area (Å²) in [6.07, 6.45) is -8.50. The van der Waals surface area contributed by atoms with E-state index in [4.69, 9.17) is 19.0 Å². The van der Waals surface area contributed by atoms with Gasteiger partial charge in [0.15, 0.2) is 12.4 Å². The Morgan fingerprint density at radius 3 is 2.43 bits per heavy atom. The Kier molecular flexibility index (Phi) is 9.94. The minimum Gasteiger partial charge on any atom is -0.489 e. The number of aliphatic hydroxyl groups is 3. The highest BCUT2D eigenvalue weighted by Crippen LogP contribution is 2.28. The number of ether oxygens (including phenoxy) is 3. The van der Waals surface area contributed by atoms with Crippen LogP contribution in [-0.4, -0.2) is 77.2 Å². The summed E-state index contributed by atoms with van der Waals surface area (Å²) in [5, 5.41) is 41.9. The third-order valence-electron chi connectivity index (χ3n) is 5.93. The summed E-state index contributed by atoms with van der Waals surface area (Å²) in [4.78, 5) is 28.7. The molecule has 6 atom stereocenters. The first-order valence-corrected chi connectivity index (χ1v) is 11.5. The highest BCUT2D eigenvalue weighted by Gasteiger charge is 2.47. The highest BCUT2D eigenvalue weighted by molar-refractivity contribution is 5.83. The van der Waals surface area contributed by atoms with Crippen molar-refractivity contribution in [3.05, 3.63) is 64.7 Å². The number of aliphatic carboxylic acids is 1. The zero-order valence-electron chi connectivity index (χ0n) is 20.7. The molecule has 0 spiro atoms. The van der Waals surface area contributed by atoms with Gasteiger partial charge in [0.05, 0.1) is 13.7 Å². The van der Waals surface area contributed by atoms with Crippen molar-refractivity contribution in [3.8, 4) is 5.75 Å². The Morgan fingerprint density at radius 1 is 1.03 bits per heavy atom. The Bertz CT molecular complexity index is 1080. The van der Waals surface area contributed by atoms with Crippen LogP contribution < -0.4 is 15.5 Å². The van der Waals surface area contributed by atoms with Crippen LogP contribution in [0.5, 0.6) is 5.75 Å². The van der Waals surface area contributed by atoms with Gasteiger partial charge in [0.25, 0.3) is 0 Å². The first kappa shape index (κ1) is 28.5. The molecule has 2 aromatic carbocycles. The lowest BCUT2D eigenvalue weighted by Gasteiger charge is -2.38. The van der Waals surface area contributed by atoms with Gasteiger partial charge in [-0.25, -0.2) is 4.79 Å². The van der Waals surface area contributed by atoms with E-state index in [-0.39, 0.29) is 19.1 Å². The molecule has 1 saturated heterocycles. The summed E-state index contributed by atoms with van der Waals surface area (Å²) in [6.45, 7) is 1.82. The van der Waals surface area contributed by atoms with Gasteiger partial charge < -0.3 is 44.8 Å². The summed E-state index contributed by atoms with van der Waals surface area (Å²) < 4.78 is 16.8. The van der Waals surface area contributed by atoms with Crippen LogP contribution in [0.1, 0.15) is 28.3 Å². The van der Waals surface area contributed by atoms with E-state index in [0.29, 0.717) is 16.9 Å². The second-order valence-corrected chi connectivity index (χ2v) is 8.51. The van der Waals surface area contributed by atoms with Crippen LogP contribution >= 0.6 is 0 Å². The number of aryl methyl sites for hydroxylation is 1. The molecule has 1 aliphatic rings. The molecule has 1 heterocycles. The minimum absolute atomic E-state index is 0.0973. The second kappa shape index (κ2) is 12.9. The first-order valence-electron chi connectivity index (χ1n) is 11.5. The van der Waals surface area contributed by atoms with Crippen molar-refractivity contribution in [1.29, 1.82) is 0 Å². The van der Waals surface area contributed by atoms with Crippen LogP contribution in [-0.2, 0) is 37.1 Å². The lowest BCUT2D eigenvalue weighted by molar-refractivity contribution is -0.297. The van der Waals surface area contributed by atoms with Crippen molar-refractivity contribution in [1.82, 2.24) is 10.8 Å². The smallest absolute Gasteiger partial charge is 0.335 e. The van der Waals surface area contributed by atoms with Crippen molar-refractivity contribution in [2.75, 3.05) is 14.2 Å². The van der Waals surface area contributed by atoms with Crippen molar-refractivity contribution >= 4 is 11.9 Å². The number of carboxylic acid groups (broad SMARTS) is 1. The average Bonchev–Trinajstić information content (AvgIpc) is 2.89. The molecule has 0 aromatic heterocycles. The van der Waals surface area contributed by atoms with Gasteiger partial charge in [-0.1, -0.05) is 36.4 Å². The number of hydroxylamine groups is 1. The quantitative estimate of drug-likeness (QED) is 0.219. The minimum atomic E-state index is -1.81. The number of nitrogens with one attached hydrogen (secondary N) is 2. The van der Waals surface area contributed by atoms with Crippen molar-refractivity contribution in [2.45, 2.75) is 56.9 Å². The topological polar surface area (TPSA) is 176 Å². The third kappa shape index (κ3) is 6.81. The zero-order valence-corrected chi connectivity index (χ0v) is 20.7. The predicted molar refractivity (Wildman–Crippen MR) is 128 cm³/mol. The summed E-state index contributed by atoms with van der Waals surface area (Å²) in [5.41, 5.74) is 5.52. The van der Waals surface area contributed by atoms with Gasteiger partial charge in [0.2, 0.25) is 5.91 Å². The number of carbonyl (C=O) groups is 2. The average molecular weight is 521 g/mol. The molecule has 1 amide bonds. The molecule has 0 radical (unpaired) electrons. The lowest BCUT2D eigenvalue weighted by atomic mass is 9.99. The standard InChI is InChI=1S/C25H32N2O10/c1-13-8-9-15(12-36-25-21(30)19(28)20(29)22(37-25)24(32)33)17(10-13)35-11-14-6-4-5-7-16(14)18(27-34-3)23(31)26-2/h4-10,18-22,25,27-30H,11-12H2,1-3H3,(H,26,31)(H,32,33)/t18?,19-,20-,21+,22-,25+/m0/s1. The summed E-state index contributed by atoms with van der Waals surface area (Å²) >= 11 is 0. The molecule has 1 fully saturated rings. The molecule has 37 heavy (non-hydrogen) atoms. The lowest BCUT2D eigenvalue weighted by Crippen LogP contribution is -2.60. The fourth-order valence-electron chi connectivity index (χ4n) is 3.90. The number of likely N-dealkylation sites (N-methyl/N-ethyl adjacent to an activating group) is 1. The molecule has 202 valence electrons. The van der Waals surface area contributed by atoms with Crippen LogP contribution in [0.4, 0.5) is 0 Å². The van der Waals surface area contributed by atoms with E-state index >= 15 is 0 Å². The van der Waals surface area contributed by atoms with E-state index in [1.54, 1.807) is 24.3 Å². The number of aliphatic hydroxyl groups excluding tert-OH is 3. The molecule has 1 aliphatic heterocycles. The van der Waals surface area contributed by atoms with Crippen molar-refractivity contribution in [2.24, 2.45) is 0 Å². The Morgan fingerprint density at radius 2 is 1.76 bits per heavy atom. The molecule has 12 nitrogen and oxygen atoms in total. The zero-order chi connectivity index (χ0) is 27.1. The van der Waals surface area contributed by atoms with Gasteiger partial charge >= 0.3 is 5.97 Å². The predicted octanol–water partition coefficient (Wildman–Crippen LogP) is -0.0791. The maximum absolute atomic E-state index is 12.4. The number of amides is 1.